The molecule has 0 spiro atoms. The summed E-state index contributed by atoms with van der Waals surface area (Å²) in [4.78, 5) is 5.61. The van der Waals surface area contributed by atoms with Crippen LogP contribution in [0.5, 0.6) is 0 Å². The Hall–Kier alpha value is -3.23. The van der Waals surface area contributed by atoms with Gasteiger partial charge in [-0.05, 0) is 59.2 Å². The highest BCUT2D eigenvalue weighted by Gasteiger charge is 2.53. The number of rotatable bonds is 5. The minimum Gasteiger partial charge on any atom is -0.352 e. The molecule has 2 heteroatoms. The largest absolute Gasteiger partial charge is 0.352 e. The molecule has 2 aliphatic heterocycles. The van der Waals surface area contributed by atoms with Crippen molar-refractivity contribution in [3.8, 4) is 0 Å². The van der Waals surface area contributed by atoms with Gasteiger partial charge in [0.05, 0.1) is 12.1 Å². The molecular formula is C35H33NS. The van der Waals surface area contributed by atoms with Gasteiger partial charge in [-0.15, -0.1) is 0 Å². The molecule has 3 atom stereocenters. The van der Waals surface area contributed by atoms with Crippen molar-refractivity contribution in [3.63, 3.8) is 0 Å². The molecule has 2 heterocycles. The van der Waals surface area contributed by atoms with Crippen LogP contribution in [0.25, 0.3) is 5.57 Å². The Labute approximate surface area is 225 Å². The summed E-state index contributed by atoms with van der Waals surface area (Å²) >= 11 is 1.98. The van der Waals surface area contributed by atoms with Crippen LogP contribution in [0.4, 0.5) is 5.69 Å². The molecule has 0 saturated heterocycles. The number of hydrogen-bond donors (Lipinski definition) is 0. The van der Waals surface area contributed by atoms with Crippen LogP contribution in [-0.2, 0) is 0 Å². The van der Waals surface area contributed by atoms with Gasteiger partial charge >= 0.3 is 0 Å². The van der Waals surface area contributed by atoms with Crippen LogP contribution in [0.2, 0.25) is 0 Å². The van der Waals surface area contributed by atoms with E-state index in [1.165, 1.54) is 64.3 Å². The van der Waals surface area contributed by atoms with E-state index in [1.807, 2.05) is 11.8 Å². The Kier molecular flexibility index (Phi) is 6.14. The number of thioether (sulfide) groups is 1. The van der Waals surface area contributed by atoms with E-state index >= 15 is 0 Å². The van der Waals surface area contributed by atoms with Gasteiger partial charge in [-0.1, -0.05) is 128 Å². The third kappa shape index (κ3) is 4.03. The third-order valence-electron chi connectivity index (χ3n) is 8.63. The lowest BCUT2D eigenvalue weighted by Crippen LogP contribution is -2.35. The SMILES string of the molecule is c1ccc(SC2=C(c3ccccc3)[C@H]3[C@H](C4CCCCC4)c4ccccc4N3[C@@H]2c2ccccc2)cc1. The molecule has 4 aromatic carbocycles. The molecule has 0 amide bonds. The van der Waals surface area contributed by atoms with Crippen molar-refractivity contribution >= 4 is 23.0 Å². The lowest BCUT2D eigenvalue weighted by molar-refractivity contribution is 0.298. The van der Waals surface area contributed by atoms with Crippen LogP contribution in [0.1, 0.15) is 60.8 Å². The van der Waals surface area contributed by atoms with Crippen molar-refractivity contribution in [2.45, 2.75) is 55.0 Å². The second-order valence-corrected chi connectivity index (χ2v) is 11.8. The Morgan fingerprint density at radius 3 is 1.97 bits per heavy atom. The maximum atomic E-state index is 2.80. The average Bonchev–Trinajstić information content (AvgIpc) is 3.47. The Balaban J connectivity index is 1.48. The summed E-state index contributed by atoms with van der Waals surface area (Å²) < 4.78 is 0. The second-order valence-electron chi connectivity index (χ2n) is 10.7. The summed E-state index contributed by atoms with van der Waals surface area (Å²) in [6, 6.07) is 43.3. The topological polar surface area (TPSA) is 3.24 Å². The fourth-order valence-corrected chi connectivity index (χ4v) is 8.40. The smallest absolute Gasteiger partial charge is 0.0868 e. The van der Waals surface area contributed by atoms with Crippen molar-refractivity contribution in [1.29, 1.82) is 0 Å². The van der Waals surface area contributed by atoms with Crippen LogP contribution in [-0.4, -0.2) is 6.04 Å². The van der Waals surface area contributed by atoms with Gasteiger partial charge in [-0.2, -0.15) is 0 Å². The molecule has 4 aromatic rings. The van der Waals surface area contributed by atoms with E-state index in [9.17, 15) is 0 Å². The molecule has 0 unspecified atom stereocenters. The number of hydrogen-bond acceptors (Lipinski definition) is 2. The molecule has 184 valence electrons. The monoisotopic (exact) mass is 499 g/mol. The zero-order valence-corrected chi connectivity index (χ0v) is 22.0. The third-order valence-corrected chi connectivity index (χ3v) is 9.80. The van der Waals surface area contributed by atoms with E-state index in [4.69, 9.17) is 0 Å². The first-order valence-electron chi connectivity index (χ1n) is 13.8. The predicted molar refractivity (Wildman–Crippen MR) is 157 cm³/mol. The molecule has 1 fully saturated rings. The first-order chi connectivity index (χ1) is 18.4. The summed E-state index contributed by atoms with van der Waals surface area (Å²) in [5.41, 5.74) is 7.31. The summed E-state index contributed by atoms with van der Waals surface area (Å²) in [5.74, 6) is 1.27. The maximum Gasteiger partial charge on any atom is 0.0868 e. The van der Waals surface area contributed by atoms with E-state index in [2.05, 4.69) is 120 Å². The zero-order chi connectivity index (χ0) is 24.6. The lowest BCUT2D eigenvalue weighted by Gasteiger charge is -2.35. The van der Waals surface area contributed by atoms with E-state index in [0.29, 0.717) is 12.0 Å². The van der Waals surface area contributed by atoms with Gasteiger partial charge in [0.2, 0.25) is 0 Å². The van der Waals surface area contributed by atoms with Gasteiger partial charge in [0, 0.05) is 21.4 Å². The fourth-order valence-electron chi connectivity index (χ4n) is 7.14. The minimum atomic E-state index is 0.210. The van der Waals surface area contributed by atoms with E-state index < -0.39 is 0 Å². The van der Waals surface area contributed by atoms with Crippen LogP contribution in [0.15, 0.2) is 125 Å². The lowest BCUT2D eigenvalue weighted by atomic mass is 9.73. The van der Waals surface area contributed by atoms with Crippen LogP contribution < -0.4 is 4.90 Å². The highest BCUT2D eigenvalue weighted by Crippen LogP contribution is 2.62. The van der Waals surface area contributed by atoms with Gasteiger partial charge in [-0.3, -0.25) is 0 Å². The van der Waals surface area contributed by atoms with Crippen LogP contribution in [0.3, 0.4) is 0 Å². The average molecular weight is 500 g/mol. The second kappa shape index (κ2) is 9.91. The van der Waals surface area contributed by atoms with Gasteiger partial charge in [0.25, 0.3) is 0 Å². The van der Waals surface area contributed by atoms with E-state index in [1.54, 1.807) is 5.56 Å². The van der Waals surface area contributed by atoms with Crippen molar-refractivity contribution in [3.05, 3.63) is 137 Å². The van der Waals surface area contributed by atoms with Gasteiger partial charge in [-0.25, -0.2) is 0 Å². The van der Waals surface area contributed by atoms with Gasteiger partial charge in [0.15, 0.2) is 0 Å². The molecule has 0 aromatic heterocycles. The van der Waals surface area contributed by atoms with Gasteiger partial charge in [0.1, 0.15) is 0 Å². The molecule has 1 nitrogen and oxygen atoms in total. The molecule has 1 saturated carbocycles. The number of para-hydroxylation sites is 1. The Morgan fingerprint density at radius 1 is 0.622 bits per heavy atom. The molecule has 1 aliphatic carbocycles. The number of anilines is 1. The minimum absolute atomic E-state index is 0.210. The van der Waals surface area contributed by atoms with E-state index in [-0.39, 0.29) is 6.04 Å². The number of fused-ring (bicyclic) bond motifs is 3. The number of nitrogens with zero attached hydrogens (tertiary/aromatic N) is 1. The fraction of sp³-hybridized carbons (Fsp3) is 0.257. The van der Waals surface area contributed by atoms with Crippen molar-refractivity contribution in [2.24, 2.45) is 5.92 Å². The molecule has 7 rings (SSSR count). The normalized spacial score (nSPS) is 23.2. The van der Waals surface area contributed by atoms with Gasteiger partial charge < -0.3 is 4.90 Å². The Bertz CT molecular complexity index is 1390. The van der Waals surface area contributed by atoms with Crippen LogP contribution >= 0.6 is 11.8 Å². The molecule has 0 N–H and O–H groups in total. The van der Waals surface area contributed by atoms with Crippen LogP contribution in [0, 0.1) is 5.92 Å². The molecule has 0 radical (unpaired) electrons. The summed E-state index contributed by atoms with van der Waals surface area (Å²) in [7, 11) is 0. The van der Waals surface area contributed by atoms with Crippen molar-refractivity contribution < 1.29 is 0 Å². The highest BCUT2D eigenvalue weighted by atomic mass is 32.2. The van der Waals surface area contributed by atoms with Crippen molar-refractivity contribution in [2.75, 3.05) is 4.90 Å². The molecular weight excluding hydrogens is 466 g/mol. The summed E-state index contributed by atoms with van der Waals surface area (Å²) in [5, 5.41) is 0. The first kappa shape index (κ1) is 22.9. The summed E-state index contributed by atoms with van der Waals surface area (Å²) in [6.45, 7) is 0. The predicted octanol–water partition coefficient (Wildman–Crippen LogP) is 9.50. The summed E-state index contributed by atoms with van der Waals surface area (Å²) in [6.07, 6.45) is 6.83. The van der Waals surface area contributed by atoms with Crippen molar-refractivity contribution in [1.82, 2.24) is 0 Å². The molecule has 0 bridgehead atoms. The molecule has 37 heavy (non-hydrogen) atoms. The highest BCUT2D eigenvalue weighted by molar-refractivity contribution is 8.03. The standard InChI is InChI=1S/C35H33NS/c1-5-15-25(16-6-1)31-29-23-13-14-24-30(29)36-33(27-19-9-3-10-20-27)35(37-28-21-11-4-12-22-28)32(34(31)36)26-17-7-2-8-18-26/h2-4,7-14,17-25,31,33-34H,1,5-6,15-16H2/t31-,33-,34-/m1/s1. The first-order valence-corrected chi connectivity index (χ1v) is 14.7. The number of benzene rings is 4. The zero-order valence-electron chi connectivity index (χ0n) is 21.2. The quantitative estimate of drug-likeness (QED) is 0.269. The maximum absolute atomic E-state index is 2.80. The molecule has 3 aliphatic rings. The Morgan fingerprint density at radius 2 is 1.24 bits per heavy atom. The van der Waals surface area contributed by atoms with E-state index in [0.717, 1.165) is 5.92 Å².